The Labute approximate surface area is 178 Å². The molecule has 0 aliphatic heterocycles. The first-order valence-corrected chi connectivity index (χ1v) is 10.6. The summed E-state index contributed by atoms with van der Waals surface area (Å²) in [4.78, 5) is 11.7. The molecular formula is C24H30N4O2. The number of benzene rings is 2. The maximum absolute atomic E-state index is 11.7. The van der Waals surface area contributed by atoms with Crippen LogP contribution in [0.2, 0.25) is 0 Å². The molecule has 0 heterocycles. The summed E-state index contributed by atoms with van der Waals surface area (Å²) in [6.45, 7) is 2.56. The molecule has 6 heteroatoms. The summed E-state index contributed by atoms with van der Waals surface area (Å²) in [5, 5.41) is 28.7. The second kappa shape index (κ2) is 10.1. The van der Waals surface area contributed by atoms with Crippen LogP contribution in [0.4, 0.5) is 11.4 Å². The number of hydrogen-bond donors (Lipinski definition) is 4. The first kappa shape index (κ1) is 21.7. The number of anilines is 2. The zero-order valence-electron chi connectivity index (χ0n) is 17.5. The van der Waals surface area contributed by atoms with Crippen LogP contribution < -0.4 is 16.0 Å². The quantitative estimate of drug-likeness (QED) is 0.425. The van der Waals surface area contributed by atoms with Crippen molar-refractivity contribution >= 4 is 17.3 Å². The van der Waals surface area contributed by atoms with Gasteiger partial charge in [0.2, 0.25) is 0 Å². The lowest BCUT2D eigenvalue weighted by atomic mass is 9.64. The fourth-order valence-corrected chi connectivity index (χ4v) is 4.04. The van der Waals surface area contributed by atoms with Gasteiger partial charge in [-0.2, -0.15) is 5.26 Å². The molecule has 0 atom stereocenters. The van der Waals surface area contributed by atoms with Crippen molar-refractivity contribution in [3.8, 4) is 6.07 Å². The third-order valence-corrected chi connectivity index (χ3v) is 5.97. The summed E-state index contributed by atoms with van der Waals surface area (Å²) in [5.41, 5.74) is 3.87. The molecule has 2 aromatic rings. The molecule has 1 aliphatic carbocycles. The number of nitrogens with zero attached hydrogens (tertiary/aromatic N) is 1. The summed E-state index contributed by atoms with van der Waals surface area (Å²) < 4.78 is 0. The van der Waals surface area contributed by atoms with Gasteiger partial charge in [-0.3, -0.25) is 4.79 Å². The fraction of sp³-hybridized carbons (Fsp3) is 0.417. The highest BCUT2D eigenvalue weighted by Crippen LogP contribution is 2.44. The molecule has 0 radical (unpaired) electrons. The molecule has 6 nitrogen and oxygen atoms in total. The Hall–Kier alpha value is -3.04. The largest absolute Gasteiger partial charge is 0.481 e. The van der Waals surface area contributed by atoms with Gasteiger partial charge in [0.25, 0.3) is 0 Å². The summed E-state index contributed by atoms with van der Waals surface area (Å²) in [6, 6.07) is 15.9. The van der Waals surface area contributed by atoms with Gasteiger partial charge in [-0.25, -0.2) is 0 Å². The number of carboxylic acids is 1. The normalized spacial score (nSPS) is 14.4. The number of rotatable bonds is 11. The van der Waals surface area contributed by atoms with Crippen molar-refractivity contribution < 1.29 is 9.90 Å². The molecule has 3 rings (SSSR count). The van der Waals surface area contributed by atoms with Gasteiger partial charge in [0.15, 0.2) is 0 Å². The monoisotopic (exact) mass is 406 g/mol. The van der Waals surface area contributed by atoms with Crippen LogP contribution in [0, 0.1) is 11.3 Å². The predicted octanol–water partition coefficient (Wildman–Crippen LogP) is 3.74. The lowest BCUT2D eigenvalue weighted by Crippen LogP contribution is -2.42. The number of nitrogens with one attached hydrogen (secondary N) is 3. The van der Waals surface area contributed by atoms with Crippen molar-refractivity contribution in [2.75, 3.05) is 37.3 Å². The predicted molar refractivity (Wildman–Crippen MR) is 120 cm³/mol. The Kier molecular flexibility index (Phi) is 7.31. The number of para-hydroxylation sites is 1. The Bertz CT molecular complexity index is 916. The number of hydrogen-bond acceptors (Lipinski definition) is 5. The van der Waals surface area contributed by atoms with Crippen LogP contribution in [0.1, 0.15) is 42.4 Å². The topological polar surface area (TPSA) is 97.2 Å². The van der Waals surface area contributed by atoms with E-state index in [1.165, 1.54) is 5.56 Å². The van der Waals surface area contributed by atoms with Crippen LogP contribution >= 0.6 is 0 Å². The van der Waals surface area contributed by atoms with Crippen LogP contribution in [-0.4, -0.2) is 37.8 Å². The highest BCUT2D eigenvalue weighted by molar-refractivity contribution is 5.82. The Morgan fingerprint density at radius 1 is 1.17 bits per heavy atom. The molecule has 0 bridgehead atoms. The summed E-state index contributed by atoms with van der Waals surface area (Å²) in [6.07, 6.45) is 4.31. The molecule has 4 N–H and O–H groups in total. The molecule has 2 aromatic carbocycles. The van der Waals surface area contributed by atoms with Gasteiger partial charge in [0, 0.05) is 13.6 Å². The molecule has 0 amide bonds. The van der Waals surface area contributed by atoms with Crippen LogP contribution in [0.5, 0.6) is 0 Å². The standard InChI is InChI=1S/C24H30N4O2/c1-26-22-19(17-25)7-3-9-21(22)28-14-5-13-27-15-10-18-6-2-8-20(16-18)24(23(29)30)11-4-12-24/h2-3,6-9,16,26-28H,4-5,10-15H2,1H3,(H,29,30). The van der Waals surface area contributed by atoms with Crippen molar-refractivity contribution in [1.82, 2.24) is 5.32 Å². The van der Waals surface area contributed by atoms with E-state index in [1.54, 1.807) is 6.07 Å². The van der Waals surface area contributed by atoms with E-state index in [0.717, 1.165) is 68.7 Å². The molecule has 1 aliphatic rings. The Morgan fingerprint density at radius 2 is 1.97 bits per heavy atom. The van der Waals surface area contributed by atoms with Gasteiger partial charge in [0.1, 0.15) is 6.07 Å². The number of carbonyl (C=O) groups is 1. The molecule has 0 aromatic heterocycles. The molecule has 0 unspecified atom stereocenters. The van der Waals surface area contributed by atoms with Gasteiger partial charge < -0.3 is 21.1 Å². The van der Waals surface area contributed by atoms with Crippen LogP contribution in [0.15, 0.2) is 42.5 Å². The maximum atomic E-state index is 11.7. The van der Waals surface area contributed by atoms with Crippen molar-refractivity contribution in [1.29, 1.82) is 5.26 Å². The lowest BCUT2D eigenvalue weighted by Gasteiger charge is -2.38. The minimum atomic E-state index is -0.696. The molecule has 158 valence electrons. The molecule has 1 fully saturated rings. The zero-order valence-corrected chi connectivity index (χ0v) is 17.5. The smallest absolute Gasteiger partial charge is 0.314 e. The highest BCUT2D eigenvalue weighted by atomic mass is 16.4. The van der Waals surface area contributed by atoms with Gasteiger partial charge in [0.05, 0.1) is 22.4 Å². The number of nitriles is 1. The second-order valence-electron chi connectivity index (χ2n) is 7.81. The van der Waals surface area contributed by atoms with Crippen molar-refractivity contribution in [2.24, 2.45) is 0 Å². The number of aliphatic carboxylic acids is 1. The summed E-state index contributed by atoms with van der Waals surface area (Å²) >= 11 is 0. The van der Waals surface area contributed by atoms with Crippen LogP contribution in [0.25, 0.3) is 0 Å². The van der Waals surface area contributed by atoms with Gasteiger partial charge in [-0.1, -0.05) is 36.8 Å². The van der Waals surface area contributed by atoms with Crippen LogP contribution in [-0.2, 0) is 16.6 Å². The van der Waals surface area contributed by atoms with E-state index in [9.17, 15) is 15.2 Å². The average Bonchev–Trinajstić information content (AvgIpc) is 2.72. The molecule has 0 saturated heterocycles. The van der Waals surface area contributed by atoms with E-state index in [-0.39, 0.29) is 0 Å². The maximum Gasteiger partial charge on any atom is 0.314 e. The van der Waals surface area contributed by atoms with Crippen LogP contribution in [0.3, 0.4) is 0 Å². The lowest BCUT2D eigenvalue weighted by molar-refractivity contribution is -0.147. The summed E-state index contributed by atoms with van der Waals surface area (Å²) in [7, 11) is 1.82. The van der Waals surface area contributed by atoms with E-state index in [0.29, 0.717) is 5.56 Å². The molecular weight excluding hydrogens is 376 g/mol. The Morgan fingerprint density at radius 3 is 2.63 bits per heavy atom. The minimum absolute atomic E-state index is 0.634. The van der Waals surface area contributed by atoms with Gasteiger partial charge >= 0.3 is 5.97 Å². The van der Waals surface area contributed by atoms with E-state index >= 15 is 0 Å². The van der Waals surface area contributed by atoms with Crippen molar-refractivity contribution in [3.63, 3.8) is 0 Å². The van der Waals surface area contributed by atoms with Gasteiger partial charge in [-0.05, 0) is 62.0 Å². The minimum Gasteiger partial charge on any atom is -0.481 e. The molecule has 1 saturated carbocycles. The van der Waals surface area contributed by atoms with Crippen molar-refractivity contribution in [3.05, 3.63) is 59.2 Å². The third kappa shape index (κ3) is 4.74. The molecule has 30 heavy (non-hydrogen) atoms. The second-order valence-corrected chi connectivity index (χ2v) is 7.81. The average molecular weight is 407 g/mol. The summed E-state index contributed by atoms with van der Waals surface area (Å²) in [5.74, 6) is -0.696. The SMILES string of the molecule is CNc1c(C#N)cccc1NCCCNCCc1cccc(C2(C(=O)O)CCC2)c1. The highest BCUT2D eigenvalue weighted by Gasteiger charge is 2.45. The van der Waals surface area contributed by atoms with E-state index in [4.69, 9.17) is 0 Å². The van der Waals surface area contributed by atoms with Gasteiger partial charge in [-0.15, -0.1) is 0 Å². The zero-order chi connectivity index (χ0) is 21.4. The van der Waals surface area contributed by atoms with E-state index in [1.807, 2.05) is 31.3 Å². The first-order valence-electron chi connectivity index (χ1n) is 10.6. The fourth-order valence-electron chi connectivity index (χ4n) is 4.04. The van der Waals surface area contributed by atoms with Crippen molar-refractivity contribution in [2.45, 2.75) is 37.5 Å². The van der Waals surface area contributed by atoms with E-state index in [2.05, 4.69) is 34.2 Å². The Balaban J connectivity index is 1.40. The first-order chi connectivity index (χ1) is 14.6. The third-order valence-electron chi connectivity index (χ3n) is 5.97. The van der Waals surface area contributed by atoms with E-state index < -0.39 is 11.4 Å². The molecule has 0 spiro atoms. The number of carboxylic acid groups (broad SMARTS) is 1.